The van der Waals surface area contributed by atoms with Crippen molar-refractivity contribution in [3.8, 4) is 5.75 Å². The second-order valence-corrected chi connectivity index (χ2v) is 6.81. The summed E-state index contributed by atoms with van der Waals surface area (Å²) >= 11 is 0. The molecule has 0 unspecified atom stereocenters. The van der Waals surface area contributed by atoms with Gasteiger partial charge in [-0.25, -0.2) is 13.2 Å². The van der Waals surface area contributed by atoms with Gasteiger partial charge in [-0.05, 0) is 43.2 Å². The largest absolute Gasteiger partial charge is 0.492 e. The van der Waals surface area contributed by atoms with Crippen LogP contribution in [0.15, 0.2) is 47.5 Å². The minimum Gasteiger partial charge on any atom is -0.492 e. The summed E-state index contributed by atoms with van der Waals surface area (Å²) in [4.78, 5) is 6.38. The van der Waals surface area contributed by atoms with Gasteiger partial charge >= 0.3 is 0 Å². The first kappa shape index (κ1) is 24.1. The highest BCUT2D eigenvalue weighted by molar-refractivity contribution is 14.0. The van der Waals surface area contributed by atoms with Gasteiger partial charge in [-0.3, -0.25) is 4.99 Å². The molecule has 0 aliphatic carbocycles. The zero-order valence-corrected chi connectivity index (χ0v) is 19.0. The lowest BCUT2D eigenvalue weighted by atomic mass is 10.0. The molecule has 2 N–H and O–H groups in total. The lowest BCUT2D eigenvalue weighted by Gasteiger charge is -2.34. The van der Waals surface area contributed by atoms with E-state index in [1.807, 2.05) is 6.07 Å². The third kappa shape index (κ3) is 6.96. The van der Waals surface area contributed by atoms with Crippen LogP contribution in [0.5, 0.6) is 5.75 Å². The van der Waals surface area contributed by atoms with Crippen molar-refractivity contribution >= 4 is 35.6 Å². The second-order valence-electron chi connectivity index (χ2n) is 6.81. The molecule has 0 aromatic heterocycles. The van der Waals surface area contributed by atoms with E-state index in [-0.39, 0.29) is 48.2 Å². The van der Waals surface area contributed by atoms with Crippen molar-refractivity contribution in [2.75, 3.05) is 38.2 Å². The van der Waals surface area contributed by atoms with Crippen molar-refractivity contribution in [3.63, 3.8) is 0 Å². The van der Waals surface area contributed by atoms with Crippen molar-refractivity contribution in [2.45, 2.75) is 18.9 Å². The predicted molar refractivity (Wildman–Crippen MR) is 123 cm³/mol. The molecule has 9 heteroatoms. The molecule has 0 spiro atoms. The Kier molecular flexibility index (Phi) is 9.54. The average Bonchev–Trinajstić information content (AvgIpc) is 2.73. The van der Waals surface area contributed by atoms with E-state index in [0.717, 1.165) is 43.8 Å². The molecule has 0 saturated carbocycles. The maximum Gasteiger partial charge on any atom is 0.191 e. The molecule has 164 valence electrons. The number of piperidine rings is 1. The molecule has 30 heavy (non-hydrogen) atoms. The van der Waals surface area contributed by atoms with E-state index >= 15 is 0 Å². The smallest absolute Gasteiger partial charge is 0.191 e. The molecule has 2 aromatic carbocycles. The van der Waals surface area contributed by atoms with Crippen LogP contribution in [-0.4, -0.2) is 45.3 Å². The summed E-state index contributed by atoms with van der Waals surface area (Å²) in [7, 11) is 1.69. The highest BCUT2D eigenvalue weighted by atomic mass is 127. The average molecular weight is 534 g/mol. The van der Waals surface area contributed by atoms with Crippen LogP contribution in [0.3, 0.4) is 0 Å². The van der Waals surface area contributed by atoms with E-state index in [1.54, 1.807) is 19.2 Å². The summed E-state index contributed by atoms with van der Waals surface area (Å²) in [5.74, 6) is -1.12. The highest BCUT2D eigenvalue weighted by Crippen LogP contribution is 2.20. The van der Waals surface area contributed by atoms with E-state index in [1.165, 1.54) is 12.1 Å². The van der Waals surface area contributed by atoms with Crippen LogP contribution < -0.4 is 20.3 Å². The zero-order chi connectivity index (χ0) is 20.6. The molecule has 1 aliphatic rings. The SMILES string of the molecule is CN=C(NCCOc1ccc(F)c(F)c1)NC1CCN(c2cccc(F)c2)CC1.I. The summed E-state index contributed by atoms with van der Waals surface area (Å²) in [6.45, 7) is 2.40. The van der Waals surface area contributed by atoms with E-state index in [9.17, 15) is 13.2 Å². The van der Waals surface area contributed by atoms with Gasteiger partial charge in [-0.15, -0.1) is 24.0 Å². The van der Waals surface area contributed by atoms with E-state index in [2.05, 4.69) is 20.5 Å². The van der Waals surface area contributed by atoms with Gasteiger partial charge in [0.25, 0.3) is 0 Å². The summed E-state index contributed by atoms with van der Waals surface area (Å²) in [6.07, 6.45) is 1.81. The molecule has 0 atom stereocenters. The highest BCUT2D eigenvalue weighted by Gasteiger charge is 2.20. The molecular weight excluding hydrogens is 508 g/mol. The van der Waals surface area contributed by atoms with Gasteiger partial charge in [0.15, 0.2) is 17.6 Å². The third-order valence-corrected chi connectivity index (χ3v) is 4.79. The van der Waals surface area contributed by atoms with Crippen LogP contribution in [0.2, 0.25) is 0 Å². The maximum absolute atomic E-state index is 13.4. The van der Waals surface area contributed by atoms with Crippen molar-refractivity contribution in [2.24, 2.45) is 4.99 Å². The summed E-state index contributed by atoms with van der Waals surface area (Å²) in [6, 6.07) is 10.4. The predicted octanol–water partition coefficient (Wildman–Crippen LogP) is 3.93. The van der Waals surface area contributed by atoms with E-state index in [0.29, 0.717) is 12.5 Å². The summed E-state index contributed by atoms with van der Waals surface area (Å²) in [5.41, 5.74) is 0.903. The summed E-state index contributed by atoms with van der Waals surface area (Å²) in [5, 5.41) is 6.52. The lowest BCUT2D eigenvalue weighted by molar-refractivity contribution is 0.318. The number of guanidine groups is 1. The molecule has 0 radical (unpaired) electrons. The number of aliphatic imine (C=N–C) groups is 1. The van der Waals surface area contributed by atoms with Gasteiger partial charge in [0, 0.05) is 37.9 Å². The molecular formula is C21H26F3IN4O. The standard InChI is InChI=1S/C21H25F3N4O.HI/c1-25-21(26-9-12-29-18-5-6-19(23)20(24)14-18)27-16-7-10-28(11-8-16)17-4-2-3-15(22)13-17;/h2-6,13-14,16H,7-12H2,1H3,(H2,25,26,27);1H. The van der Waals surface area contributed by atoms with Gasteiger partial charge in [-0.2, -0.15) is 0 Å². The normalized spacial score (nSPS) is 14.8. The molecule has 1 saturated heterocycles. The van der Waals surface area contributed by atoms with Crippen LogP contribution in [0.4, 0.5) is 18.9 Å². The van der Waals surface area contributed by atoms with Crippen LogP contribution in [0.1, 0.15) is 12.8 Å². The topological polar surface area (TPSA) is 48.9 Å². The Morgan fingerprint density at radius 2 is 1.87 bits per heavy atom. The number of hydrogen-bond acceptors (Lipinski definition) is 3. The first-order valence-electron chi connectivity index (χ1n) is 9.60. The van der Waals surface area contributed by atoms with Gasteiger partial charge < -0.3 is 20.3 Å². The Labute approximate surface area is 191 Å². The van der Waals surface area contributed by atoms with Crippen molar-refractivity contribution in [3.05, 3.63) is 59.9 Å². The van der Waals surface area contributed by atoms with Gasteiger partial charge in [0.05, 0.1) is 6.54 Å². The van der Waals surface area contributed by atoms with Crippen LogP contribution in [0, 0.1) is 17.5 Å². The van der Waals surface area contributed by atoms with E-state index in [4.69, 9.17) is 4.74 Å². The van der Waals surface area contributed by atoms with Gasteiger partial charge in [0.1, 0.15) is 18.2 Å². The summed E-state index contributed by atoms with van der Waals surface area (Å²) < 4.78 is 44.9. The molecule has 1 fully saturated rings. The number of benzene rings is 2. The molecule has 0 bridgehead atoms. The first-order valence-corrected chi connectivity index (χ1v) is 9.60. The number of hydrogen-bond donors (Lipinski definition) is 2. The Morgan fingerprint density at radius 3 is 2.53 bits per heavy atom. The Hall–Kier alpha value is -2.17. The Morgan fingerprint density at radius 1 is 1.10 bits per heavy atom. The molecule has 5 nitrogen and oxygen atoms in total. The maximum atomic E-state index is 13.4. The molecule has 1 aliphatic heterocycles. The minimum atomic E-state index is -0.933. The molecule has 0 amide bonds. The molecule has 3 rings (SSSR count). The van der Waals surface area contributed by atoms with Gasteiger partial charge in [-0.1, -0.05) is 6.07 Å². The number of nitrogens with one attached hydrogen (secondary N) is 2. The monoisotopic (exact) mass is 534 g/mol. The fourth-order valence-corrected chi connectivity index (χ4v) is 3.25. The number of nitrogens with zero attached hydrogens (tertiary/aromatic N) is 2. The minimum absolute atomic E-state index is 0. The van der Waals surface area contributed by atoms with Crippen molar-refractivity contribution < 1.29 is 17.9 Å². The Bertz CT molecular complexity index is 845. The lowest BCUT2D eigenvalue weighted by Crippen LogP contribution is -2.49. The van der Waals surface area contributed by atoms with Crippen LogP contribution in [-0.2, 0) is 0 Å². The number of halogens is 4. The molecule has 2 aromatic rings. The second kappa shape index (κ2) is 11.9. The third-order valence-electron chi connectivity index (χ3n) is 4.79. The van der Waals surface area contributed by atoms with Crippen LogP contribution >= 0.6 is 24.0 Å². The fraction of sp³-hybridized carbons (Fsp3) is 0.381. The Balaban J connectivity index is 0.00000320. The van der Waals surface area contributed by atoms with E-state index < -0.39 is 11.6 Å². The van der Waals surface area contributed by atoms with Crippen molar-refractivity contribution in [1.29, 1.82) is 0 Å². The quantitative estimate of drug-likeness (QED) is 0.255. The number of rotatable bonds is 6. The van der Waals surface area contributed by atoms with Gasteiger partial charge in [0.2, 0.25) is 0 Å². The number of ether oxygens (including phenoxy) is 1. The zero-order valence-electron chi connectivity index (χ0n) is 16.7. The van der Waals surface area contributed by atoms with Crippen molar-refractivity contribution in [1.82, 2.24) is 10.6 Å². The first-order chi connectivity index (χ1) is 14.0. The van der Waals surface area contributed by atoms with Crippen LogP contribution in [0.25, 0.3) is 0 Å². The number of anilines is 1. The fourth-order valence-electron chi connectivity index (χ4n) is 3.25. The molecule has 1 heterocycles.